The Morgan fingerprint density at radius 2 is 1.65 bits per heavy atom. The first-order chi connectivity index (χ1) is 16.2. The SMILES string of the molecule is CSc1nc2ccc3nc(NC(=O)c4ccc(S(=O)(=O)N5C[C@H](C)O[C@@H](C)C5)cc4)sc3c2s1. The van der Waals surface area contributed by atoms with Gasteiger partial charge in [-0.1, -0.05) is 23.1 Å². The predicted molar refractivity (Wildman–Crippen MR) is 138 cm³/mol. The Hall–Kier alpha value is -2.09. The first-order valence-corrected chi connectivity index (χ1v) is 14.9. The molecule has 1 amide bonds. The smallest absolute Gasteiger partial charge is 0.257 e. The summed E-state index contributed by atoms with van der Waals surface area (Å²) in [5, 5.41) is 3.32. The minimum Gasteiger partial charge on any atom is -0.373 e. The van der Waals surface area contributed by atoms with Gasteiger partial charge in [0.25, 0.3) is 5.91 Å². The molecule has 178 valence electrons. The number of carbonyl (C=O) groups is 1. The molecule has 0 radical (unpaired) electrons. The molecule has 5 rings (SSSR count). The number of benzene rings is 2. The zero-order valence-corrected chi connectivity index (χ0v) is 21.9. The highest BCUT2D eigenvalue weighted by Crippen LogP contribution is 2.38. The van der Waals surface area contributed by atoms with E-state index in [-0.39, 0.29) is 23.0 Å². The number of nitrogens with one attached hydrogen (secondary N) is 1. The number of rotatable bonds is 5. The third-order valence-electron chi connectivity index (χ3n) is 5.43. The van der Waals surface area contributed by atoms with Crippen LogP contribution in [0.3, 0.4) is 0 Å². The number of carbonyl (C=O) groups excluding carboxylic acids is 1. The molecule has 1 N–H and O–H groups in total. The van der Waals surface area contributed by atoms with Gasteiger partial charge in [0.05, 0.1) is 37.5 Å². The molecule has 2 aromatic carbocycles. The summed E-state index contributed by atoms with van der Waals surface area (Å²) in [7, 11) is -3.66. The largest absolute Gasteiger partial charge is 0.373 e. The second kappa shape index (κ2) is 9.17. The van der Waals surface area contributed by atoms with E-state index in [0.717, 1.165) is 24.8 Å². The van der Waals surface area contributed by atoms with Crippen LogP contribution in [0.4, 0.5) is 5.13 Å². The molecule has 2 atom stereocenters. The number of ether oxygens (including phenoxy) is 1. The Kier molecular flexibility index (Phi) is 6.38. The van der Waals surface area contributed by atoms with Gasteiger partial charge in [0, 0.05) is 18.7 Å². The molecular weight excluding hydrogens is 513 g/mol. The zero-order chi connectivity index (χ0) is 24.0. The highest BCUT2D eigenvalue weighted by atomic mass is 32.2. The van der Waals surface area contributed by atoms with Crippen LogP contribution in [0.5, 0.6) is 0 Å². The van der Waals surface area contributed by atoms with Crippen LogP contribution in [0.2, 0.25) is 0 Å². The first kappa shape index (κ1) is 23.6. The molecule has 4 aromatic rings. The van der Waals surface area contributed by atoms with E-state index in [1.54, 1.807) is 23.1 Å². The Morgan fingerprint density at radius 1 is 1.03 bits per heavy atom. The van der Waals surface area contributed by atoms with Gasteiger partial charge in [-0.2, -0.15) is 4.31 Å². The van der Waals surface area contributed by atoms with E-state index in [9.17, 15) is 13.2 Å². The van der Waals surface area contributed by atoms with Crippen LogP contribution >= 0.6 is 34.4 Å². The molecule has 1 aliphatic heterocycles. The molecule has 0 saturated carbocycles. The van der Waals surface area contributed by atoms with Crippen LogP contribution in [0, 0.1) is 0 Å². The minimum atomic E-state index is -3.66. The van der Waals surface area contributed by atoms with Crippen molar-refractivity contribution in [2.45, 2.75) is 35.3 Å². The van der Waals surface area contributed by atoms with Crippen LogP contribution < -0.4 is 5.32 Å². The molecular formula is C22H22N4O4S4. The number of hydrogen-bond acceptors (Lipinski definition) is 9. The number of anilines is 1. The predicted octanol–water partition coefficient (Wildman–Crippen LogP) is 4.68. The molecule has 1 fully saturated rings. The molecule has 1 saturated heterocycles. The number of fused-ring (bicyclic) bond motifs is 3. The van der Waals surface area contributed by atoms with Crippen molar-refractivity contribution in [3.05, 3.63) is 42.0 Å². The van der Waals surface area contributed by atoms with Crippen LogP contribution in [0.15, 0.2) is 45.6 Å². The van der Waals surface area contributed by atoms with Crippen molar-refractivity contribution in [2.75, 3.05) is 24.7 Å². The van der Waals surface area contributed by atoms with E-state index >= 15 is 0 Å². The third-order valence-corrected chi connectivity index (χ3v) is 10.5. The lowest BCUT2D eigenvalue weighted by molar-refractivity contribution is -0.0440. The van der Waals surface area contributed by atoms with Crippen LogP contribution in [-0.4, -0.2) is 60.2 Å². The highest BCUT2D eigenvalue weighted by molar-refractivity contribution is 8.00. The molecule has 12 heteroatoms. The monoisotopic (exact) mass is 534 g/mol. The third kappa shape index (κ3) is 4.45. The topological polar surface area (TPSA) is 101 Å². The maximum Gasteiger partial charge on any atom is 0.257 e. The van der Waals surface area contributed by atoms with Crippen molar-refractivity contribution in [3.63, 3.8) is 0 Å². The minimum absolute atomic E-state index is 0.155. The Balaban J connectivity index is 1.35. The molecule has 2 aromatic heterocycles. The normalized spacial score (nSPS) is 19.6. The fourth-order valence-corrected chi connectivity index (χ4v) is 8.16. The van der Waals surface area contributed by atoms with Crippen LogP contribution in [0.1, 0.15) is 24.2 Å². The first-order valence-electron chi connectivity index (χ1n) is 10.6. The van der Waals surface area contributed by atoms with Gasteiger partial charge >= 0.3 is 0 Å². The van der Waals surface area contributed by atoms with Gasteiger partial charge in [-0.3, -0.25) is 10.1 Å². The Bertz CT molecular complexity index is 1470. The van der Waals surface area contributed by atoms with E-state index in [1.807, 2.05) is 32.2 Å². The van der Waals surface area contributed by atoms with Gasteiger partial charge in [0.15, 0.2) is 9.47 Å². The van der Waals surface area contributed by atoms with Crippen molar-refractivity contribution in [3.8, 4) is 0 Å². The molecule has 0 spiro atoms. The molecule has 0 bridgehead atoms. The van der Waals surface area contributed by atoms with Crippen molar-refractivity contribution in [1.29, 1.82) is 0 Å². The van der Waals surface area contributed by atoms with Gasteiger partial charge in [-0.15, -0.1) is 11.3 Å². The molecule has 34 heavy (non-hydrogen) atoms. The Labute approximate surface area is 209 Å². The number of thioether (sulfide) groups is 1. The number of sulfonamides is 1. The quantitative estimate of drug-likeness (QED) is 0.371. The highest BCUT2D eigenvalue weighted by Gasteiger charge is 2.32. The van der Waals surface area contributed by atoms with Gasteiger partial charge < -0.3 is 4.74 Å². The molecule has 8 nitrogen and oxygen atoms in total. The Morgan fingerprint density at radius 3 is 2.29 bits per heavy atom. The summed E-state index contributed by atoms with van der Waals surface area (Å²) in [5.41, 5.74) is 2.08. The molecule has 0 aliphatic carbocycles. The second-order valence-corrected chi connectivity index (χ2v) is 13.0. The van der Waals surface area contributed by atoms with E-state index in [4.69, 9.17) is 4.74 Å². The summed E-state index contributed by atoms with van der Waals surface area (Å²) in [5.74, 6) is -0.345. The van der Waals surface area contributed by atoms with E-state index in [0.29, 0.717) is 23.8 Å². The maximum atomic E-state index is 13.0. The van der Waals surface area contributed by atoms with E-state index in [2.05, 4.69) is 15.3 Å². The van der Waals surface area contributed by atoms with Gasteiger partial charge in [-0.25, -0.2) is 18.4 Å². The van der Waals surface area contributed by atoms with Crippen LogP contribution in [-0.2, 0) is 14.8 Å². The molecule has 1 aliphatic rings. The summed E-state index contributed by atoms with van der Waals surface area (Å²) in [6.07, 6.45) is 1.65. The lowest BCUT2D eigenvalue weighted by Gasteiger charge is -2.34. The fourth-order valence-electron chi connectivity index (χ4n) is 3.92. The van der Waals surface area contributed by atoms with Gasteiger partial charge in [-0.05, 0) is 56.5 Å². The van der Waals surface area contributed by atoms with Gasteiger partial charge in [0.2, 0.25) is 10.0 Å². The van der Waals surface area contributed by atoms with Crippen molar-refractivity contribution >= 4 is 75.9 Å². The summed E-state index contributed by atoms with van der Waals surface area (Å²) in [4.78, 5) is 22.1. The van der Waals surface area contributed by atoms with Crippen molar-refractivity contribution < 1.29 is 17.9 Å². The number of thiazole rings is 2. The number of amides is 1. The van der Waals surface area contributed by atoms with Gasteiger partial charge in [0.1, 0.15) is 0 Å². The zero-order valence-electron chi connectivity index (χ0n) is 18.6. The fraction of sp³-hybridized carbons (Fsp3) is 0.318. The summed E-state index contributed by atoms with van der Waals surface area (Å²) in [6.45, 7) is 4.32. The number of hydrogen-bond donors (Lipinski definition) is 1. The molecule has 0 unspecified atom stereocenters. The van der Waals surface area contributed by atoms with E-state index < -0.39 is 10.0 Å². The lowest BCUT2D eigenvalue weighted by Crippen LogP contribution is -2.48. The average Bonchev–Trinajstić information content (AvgIpc) is 3.41. The second-order valence-electron chi connectivity index (χ2n) is 8.02. The van der Waals surface area contributed by atoms with E-state index in [1.165, 1.54) is 39.9 Å². The van der Waals surface area contributed by atoms with Crippen LogP contribution in [0.25, 0.3) is 20.4 Å². The maximum absolute atomic E-state index is 13.0. The number of aromatic nitrogens is 2. The summed E-state index contributed by atoms with van der Waals surface area (Å²) in [6, 6.07) is 9.83. The average molecular weight is 535 g/mol. The lowest BCUT2D eigenvalue weighted by atomic mass is 10.2. The summed E-state index contributed by atoms with van der Waals surface area (Å²) < 4.78 is 36.2. The number of nitrogens with zero attached hydrogens (tertiary/aromatic N) is 3. The van der Waals surface area contributed by atoms with Crippen molar-refractivity contribution in [1.82, 2.24) is 14.3 Å². The standard InChI is InChI=1S/C22H22N4O4S4/c1-12-10-26(11-13(2)30-12)34(28,29)15-6-4-14(5-7-15)20(27)25-21-23-16-8-9-17-19(18(16)32-21)33-22(24-17)31-3/h4-9,12-13H,10-11H2,1-3H3,(H,23,25,27)/t12-,13-/m0/s1. The summed E-state index contributed by atoms with van der Waals surface area (Å²) >= 11 is 4.62. The molecule has 3 heterocycles. The number of morpholine rings is 1. The van der Waals surface area contributed by atoms with Crippen molar-refractivity contribution in [2.24, 2.45) is 0 Å².